The average Bonchev–Trinajstić information content (AvgIpc) is 2.53. The molecular weight excluding hydrogens is 174 g/mol. The summed E-state index contributed by atoms with van der Waals surface area (Å²) in [4.78, 5) is 13.9. The molecule has 0 aliphatic rings. The molecule has 1 N–H and O–H groups in total. The summed E-state index contributed by atoms with van der Waals surface area (Å²) in [5.41, 5.74) is -0.157. The second kappa shape index (κ2) is 4.30. The summed E-state index contributed by atoms with van der Waals surface area (Å²) in [5, 5.41) is 8.48. The number of aromatic nitrogens is 1. The Balaban J connectivity index is 2.54. The van der Waals surface area contributed by atoms with Gasteiger partial charge in [0, 0.05) is 0 Å². The molecule has 0 fully saturated rings. The molecule has 1 heterocycles. The third kappa shape index (κ3) is 2.62. The van der Waals surface area contributed by atoms with E-state index in [0.717, 1.165) is 6.26 Å². The van der Waals surface area contributed by atoms with Gasteiger partial charge in [-0.15, -0.1) is 0 Å². The molecule has 0 spiro atoms. The van der Waals surface area contributed by atoms with Gasteiger partial charge in [-0.25, -0.2) is 4.79 Å². The lowest BCUT2D eigenvalue weighted by atomic mass is 10.5. The maximum absolute atomic E-state index is 10.4. The Morgan fingerprint density at radius 3 is 3.15 bits per heavy atom. The molecule has 13 heavy (non-hydrogen) atoms. The van der Waals surface area contributed by atoms with Gasteiger partial charge in [-0.1, -0.05) is 12.2 Å². The highest BCUT2D eigenvalue weighted by atomic mass is 16.6. The van der Waals surface area contributed by atoms with Crippen molar-refractivity contribution in [3.05, 3.63) is 24.1 Å². The maximum Gasteiger partial charge on any atom is 0.394 e. The van der Waals surface area contributed by atoms with Crippen LogP contribution >= 0.6 is 0 Å². The van der Waals surface area contributed by atoms with Crippen LogP contribution in [0.1, 0.15) is 17.4 Å². The van der Waals surface area contributed by atoms with E-state index in [4.69, 9.17) is 14.3 Å². The van der Waals surface area contributed by atoms with Crippen molar-refractivity contribution in [2.75, 3.05) is 6.61 Å². The molecule has 0 aliphatic carbocycles. The quantitative estimate of drug-likeness (QED) is 0.713. The monoisotopic (exact) mass is 183 g/mol. The molecule has 70 valence electrons. The second-order valence-corrected chi connectivity index (χ2v) is 2.18. The molecule has 1 rings (SSSR count). The second-order valence-electron chi connectivity index (χ2n) is 2.18. The SMILES string of the molecule is C/C=C/COc1nc(C(=O)O)co1. The predicted octanol–water partition coefficient (Wildman–Crippen LogP) is 1.33. The van der Waals surface area contributed by atoms with Crippen LogP contribution in [0.5, 0.6) is 6.08 Å². The minimum absolute atomic E-state index is 0.0319. The predicted molar refractivity (Wildman–Crippen MR) is 43.8 cm³/mol. The Labute approximate surface area is 74.6 Å². The summed E-state index contributed by atoms with van der Waals surface area (Å²) in [6.45, 7) is 2.16. The van der Waals surface area contributed by atoms with E-state index in [1.54, 1.807) is 12.2 Å². The number of oxazole rings is 1. The number of hydrogen-bond donors (Lipinski definition) is 1. The van der Waals surface area contributed by atoms with Crippen molar-refractivity contribution in [2.45, 2.75) is 6.92 Å². The molecule has 0 atom stereocenters. The van der Waals surface area contributed by atoms with E-state index >= 15 is 0 Å². The lowest BCUT2D eigenvalue weighted by molar-refractivity contribution is 0.0690. The summed E-state index contributed by atoms with van der Waals surface area (Å²) in [6.07, 6.45) is 4.56. The number of rotatable bonds is 4. The van der Waals surface area contributed by atoms with E-state index in [0.29, 0.717) is 6.61 Å². The zero-order chi connectivity index (χ0) is 9.68. The van der Waals surface area contributed by atoms with Crippen molar-refractivity contribution >= 4 is 5.97 Å². The fourth-order valence-corrected chi connectivity index (χ4v) is 0.637. The summed E-state index contributed by atoms with van der Waals surface area (Å²) < 4.78 is 9.67. The van der Waals surface area contributed by atoms with Gasteiger partial charge in [0.25, 0.3) is 0 Å². The highest BCUT2D eigenvalue weighted by molar-refractivity contribution is 5.84. The van der Waals surface area contributed by atoms with E-state index in [2.05, 4.69) is 4.98 Å². The van der Waals surface area contributed by atoms with Gasteiger partial charge in [0.05, 0.1) is 0 Å². The molecule has 0 aromatic carbocycles. The average molecular weight is 183 g/mol. The molecule has 1 aromatic heterocycles. The number of carboxylic acid groups (broad SMARTS) is 1. The smallest absolute Gasteiger partial charge is 0.394 e. The summed E-state index contributed by atoms with van der Waals surface area (Å²) in [7, 11) is 0. The number of nitrogens with zero attached hydrogens (tertiary/aromatic N) is 1. The molecule has 0 saturated heterocycles. The zero-order valence-corrected chi connectivity index (χ0v) is 7.06. The molecule has 0 unspecified atom stereocenters. The topological polar surface area (TPSA) is 72.6 Å². The highest BCUT2D eigenvalue weighted by Crippen LogP contribution is 2.09. The Morgan fingerprint density at radius 2 is 2.62 bits per heavy atom. The Morgan fingerprint density at radius 1 is 1.85 bits per heavy atom. The minimum atomic E-state index is -1.13. The third-order valence-corrected chi connectivity index (χ3v) is 1.24. The Bertz CT molecular complexity index is 316. The number of carbonyl (C=O) groups is 1. The van der Waals surface area contributed by atoms with Gasteiger partial charge in [0.1, 0.15) is 12.9 Å². The normalized spacial score (nSPS) is 10.5. The van der Waals surface area contributed by atoms with Crippen molar-refractivity contribution in [1.82, 2.24) is 4.98 Å². The van der Waals surface area contributed by atoms with Crippen LogP contribution in [0.3, 0.4) is 0 Å². The number of carboxylic acids is 1. The lowest BCUT2D eigenvalue weighted by Gasteiger charge is -1.93. The molecule has 0 radical (unpaired) electrons. The maximum atomic E-state index is 10.4. The van der Waals surface area contributed by atoms with Crippen LogP contribution < -0.4 is 4.74 Å². The first kappa shape index (κ1) is 9.31. The van der Waals surface area contributed by atoms with Crippen molar-refractivity contribution in [2.24, 2.45) is 0 Å². The van der Waals surface area contributed by atoms with Crippen LogP contribution in [0.25, 0.3) is 0 Å². The van der Waals surface area contributed by atoms with Gasteiger partial charge < -0.3 is 14.3 Å². The van der Waals surface area contributed by atoms with Gasteiger partial charge in [0.15, 0.2) is 5.69 Å². The van der Waals surface area contributed by atoms with Gasteiger partial charge in [-0.05, 0) is 6.92 Å². The van der Waals surface area contributed by atoms with Gasteiger partial charge in [-0.2, -0.15) is 4.98 Å². The highest BCUT2D eigenvalue weighted by Gasteiger charge is 2.10. The van der Waals surface area contributed by atoms with Crippen LogP contribution in [-0.4, -0.2) is 22.7 Å². The minimum Gasteiger partial charge on any atom is -0.476 e. The van der Waals surface area contributed by atoms with Gasteiger partial charge >= 0.3 is 12.0 Å². The van der Waals surface area contributed by atoms with Crippen molar-refractivity contribution in [3.8, 4) is 6.08 Å². The van der Waals surface area contributed by atoms with E-state index < -0.39 is 5.97 Å². The largest absolute Gasteiger partial charge is 0.476 e. The first-order chi connectivity index (χ1) is 6.24. The van der Waals surface area contributed by atoms with Crippen LogP contribution in [0.15, 0.2) is 22.8 Å². The Hall–Kier alpha value is -1.78. The molecule has 0 amide bonds. The number of hydrogen-bond acceptors (Lipinski definition) is 4. The summed E-state index contributed by atoms with van der Waals surface area (Å²) in [5.74, 6) is -1.13. The molecule has 0 saturated carbocycles. The molecule has 0 aliphatic heterocycles. The van der Waals surface area contributed by atoms with E-state index in [-0.39, 0.29) is 11.8 Å². The summed E-state index contributed by atoms with van der Waals surface area (Å²) in [6, 6.07) is 0. The number of aromatic carboxylic acids is 1. The lowest BCUT2D eigenvalue weighted by Crippen LogP contribution is -1.97. The first-order valence-corrected chi connectivity index (χ1v) is 3.67. The van der Waals surface area contributed by atoms with Crippen LogP contribution in [0.4, 0.5) is 0 Å². The molecular formula is C8H9NO4. The Kier molecular flexibility index (Phi) is 3.08. The summed E-state index contributed by atoms with van der Waals surface area (Å²) >= 11 is 0. The van der Waals surface area contributed by atoms with Crippen molar-refractivity contribution < 1.29 is 19.1 Å². The van der Waals surface area contributed by atoms with Crippen LogP contribution in [-0.2, 0) is 0 Å². The number of allylic oxidation sites excluding steroid dienone is 1. The van der Waals surface area contributed by atoms with E-state index in [9.17, 15) is 4.79 Å². The van der Waals surface area contributed by atoms with Gasteiger partial charge in [-0.3, -0.25) is 0 Å². The zero-order valence-electron chi connectivity index (χ0n) is 7.06. The third-order valence-electron chi connectivity index (χ3n) is 1.24. The van der Waals surface area contributed by atoms with E-state index in [1.165, 1.54) is 0 Å². The molecule has 1 aromatic rings. The first-order valence-electron chi connectivity index (χ1n) is 3.67. The van der Waals surface area contributed by atoms with Crippen molar-refractivity contribution in [1.29, 1.82) is 0 Å². The molecule has 5 heteroatoms. The standard InChI is InChI=1S/C8H9NO4/c1-2-3-4-12-8-9-6(5-13-8)7(10)11/h2-3,5H,4H2,1H3,(H,10,11)/b3-2+. The van der Waals surface area contributed by atoms with Crippen molar-refractivity contribution in [3.63, 3.8) is 0 Å². The van der Waals surface area contributed by atoms with Crippen LogP contribution in [0, 0.1) is 0 Å². The molecule has 5 nitrogen and oxygen atoms in total. The van der Waals surface area contributed by atoms with E-state index in [1.807, 2.05) is 6.92 Å². The van der Waals surface area contributed by atoms with Gasteiger partial charge in [0.2, 0.25) is 0 Å². The number of ether oxygens (including phenoxy) is 1. The molecule has 0 bridgehead atoms. The fourth-order valence-electron chi connectivity index (χ4n) is 0.637. The fraction of sp³-hybridized carbons (Fsp3) is 0.250. The van der Waals surface area contributed by atoms with Crippen LogP contribution in [0.2, 0.25) is 0 Å².